The van der Waals surface area contributed by atoms with E-state index in [1.807, 2.05) is 0 Å². The van der Waals surface area contributed by atoms with Crippen molar-refractivity contribution in [3.63, 3.8) is 0 Å². The minimum Gasteiger partial charge on any atom is -0.0149 e. The smallest absolute Gasteiger partial charge is 0.0149 e. The van der Waals surface area contributed by atoms with Crippen molar-refractivity contribution in [2.75, 3.05) is 0 Å². The average Bonchev–Trinajstić information content (AvgIpc) is 1.41. The van der Waals surface area contributed by atoms with Gasteiger partial charge in [0.05, 0.1) is 0 Å². The zero-order valence-electron chi connectivity index (χ0n) is 6.53. The molecule has 0 aromatic rings. The Morgan fingerprint density at radius 2 is 0.471 bits per heavy atom. The minimum absolute atomic E-state index is 0. The number of hydrogen-bond acceptors (Lipinski definition) is 12. The van der Waals surface area contributed by atoms with Gasteiger partial charge >= 0.3 is 114 Å². The van der Waals surface area contributed by atoms with Crippen molar-refractivity contribution in [3.8, 4) is 0 Å². The van der Waals surface area contributed by atoms with Gasteiger partial charge in [-0.15, -0.1) is 0 Å². The van der Waals surface area contributed by atoms with E-state index in [0.717, 1.165) is 0 Å². The van der Waals surface area contributed by atoms with E-state index >= 15 is 0 Å². The van der Waals surface area contributed by atoms with Crippen molar-refractivity contribution >= 4 is 11.0 Å². The van der Waals surface area contributed by atoms with Gasteiger partial charge in [0.1, 0.15) is 0 Å². The van der Waals surface area contributed by atoms with Crippen LogP contribution in [0.4, 0.5) is 0 Å². The van der Waals surface area contributed by atoms with Crippen LogP contribution in [0.2, 0.25) is 0 Å². The van der Waals surface area contributed by atoms with Crippen molar-refractivity contribution in [2.24, 2.45) is 0 Å². The molecule has 0 aliphatic rings. The third kappa shape index (κ3) is 1810. The molecule has 0 saturated heterocycles. The maximum Gasteiger partial charge on any atom is 6.00 e. The van der Waals surface area contributed by atoms with Crippen molar-refractivity contribution in [2.45, 2.75) is 0 Å². The zero-order valence-corrected chi connectivity index (χ0v) is 15.5. The molecule has 12 nitrogen and oxygen atoms in total. The van der Waals surface area contributed by atoms with Crippen molar-refractivity contribution in [1.29, 1.82) is 0 Å². The Hall–Kier alpha value is 1.53. The molecule has 104 valence electrons. The standard InChI is InChI=1S/3Mo.12O.H4Si.W/h;;;;;;;;;;;;;;;1H4;/q;;;;;;;;;6*-1;;+6. The van der Waals surface area contributed by atoms with Crippen LogP contribution < -0.4 is 22.6 Å². The SMILES string of the molecule is [O]=[Mo](=[O])([O-])[O-].[O]=[Mo](=[O])([O-])[O-].[O]=[Mo](=[O])([O-])[O-].[SiH4].[W+6]. The first kappa shape index (κ1) is 31.1. The molecule has 0 aliphatic carbocycles. The Labute approximate surface area is 124 Å². The summed E-state index contributed by atoms with van der Waals surface area (Å²) in [4.78, 5) is 0. The van der Waals surface area contributed by atoms with Crippen LogP contribution in [0.1, 0.15) is 0 Å². The molecule has 0 bridgehead atoms. The van der Waals surface area contributed by atoms with Crippen LogP contribution in [0.5, 0.6) is 0 Å². The molecule has 17 heavy (non-hydrogen) atoms. The zero-order chi connectivity index (χ0) is 13.5. The first-order valence-electron chi connectivity index (χ1n) is 2.00. The van der Waals surface area contributed by atoms with Crippen LogP contribution in [-0.4, -0.2) is 11.0 Å². The second-order valence-corrected chi connectivity index (χ2v) is 7.25. The van der Waals surface area contributed by atoms with Crippen LogP contribution in [0, 0.1) is 0 Å². The minimum atomic E-state index is -6.02. The molecule has 0 amide bonds. The summed E-state index contributed by atoms with van der Waals surface area (Å²) in [6.45, 7) is 0. The van der Waals surface area contributed by atoms with Crippen LogP contribution in [-0.2, 0) is 91.7 Å². The monoisotopic (exact) mass is 702 g/mol. The summed E-state index contributed by atoms with van der Waals surface area (Å²) in [5.74, 6) is 0. The number of hydrogen-bond donors (Lipinski definition) is 0. The average molecular weight is 696 g/mol. The maximum atomic E-state index is 8.63. The van der Waals surface area contributed by atoms with E-state index in [2.05, 4.69) is 0 Å². The van der Waals surface area contributed by atoms with Gasteiger partial charge in [-0.05, 0) is 11.0 Å². The molecule has 0 rings (SSSR count). The summed E-state index contributed by atoms with van der Waals surface area (Å²) < 4.78 is 104. The fraction of sp³-hybridized carbons (Fsp3) is 0. The van der Waals surface area contributed by atoms with Crippen molar-refractivity contribution in [1.82, 2.24) is 0 Å². The Morgan fingerprint density at radius 1 is 0.471 bits per heavy atom. The van der Waals surface area contributed by atoms with Gasteiger partial charge in [0.25, 0.3) is 0 Å². The second kappa shape index (κ2) is 12.6. The van der Waals surface area contributed by atoms with Gasteiger partial charge in [0, 0.05) is 0 Å². The normalized spacial score (nSPS) is 10.2. The molecular formula is H4Mo3O12SiW. The van der Waals surface area contributed by atoms with Crippen LogP contribution in [0.3, 0.4) is 0 Å². The molecule has 0 N–H and O–H groups in total. The van der Waals surface area contributed by atoms with E-state index in [1.165, 1.54) is 0 Å². The summed E-state index contributed by atoms with van der Waals surface area (Å²) >= 11 is -18.1. The third-order valence-corrected chi connectivity index (χ3v) is 0. The molecule has 17 heteroatoms. The predicted octanol–water partition coefficient (Wildman–Crippen LogP) is -9.31. The molecule has 0 heterocycles. The Bertz CT molecular complexity index is 343. The van der Waals surface area contributed by atoms with Crippen molar-refractivity contribution in [3.05, 3.63) is 0 Å². The Morgan fingerprint density at radius 3 is 0.471 bits per heavy atom. The van der Waals surface area contributed by atoms with Gasteiger partial charge in [-0.1, -0.05) is 0 Å². The molecule has 0 aromatic heterocycles. The molecule has 0 saturated carbocycles. The van der Waals surface area contributed by atoms with Gasteiger partial charge in [0.2, 0.25) is 0 Å². The van der Waals surface area contributed by atoms with Crippen LogP contribution in [0.15, 0.2) is 0 Å². The van der Waals surface area contributed by atoms with Gasteiger partial charge in [-0.2, -0.15) is 0 Å². The largest absolute Gasteiger partial charge is 6.00 e. The molecule has 0 aromatic carbocycles. The van der Waals surface area contributed by atoms with Crippen LogP contribution in [0.25, 0.3) is 0 Å². The van der Waals surface area contributed by atoms with Gasteiger partial charge in [0.15, 0.2) is 0 Å². The molecule has 0 atom stereocenters. The first-order chi connectivity index (χ1) is 6.00. The Balaban J connectivity index is -0.0000000400. The van der Waals surface area contributed by atoms with E-state index in [1.54, 1.807) is 0 Å². The Kier molecular flexibility index (Phi) is 23.0. The first-order valence-corrected chi connectivity index (χ1v) is 11.8. The van der Waals surface area contributed by atoms with E-state index in [9.17, 15) is 0 Å². The van der Waals surface area contributed by atoms with E-state index in [4.69, 9.17) is 42.9 Å². The fourth-order valence-electron chi connectivity index (χ4n) is 0. The van der Waals surface area contributed by atoms with E-state index < -0.39 is 50.2 Å². The molecular weight excluding hydrogens is 692 g/mol. The van der Waals surface area contributed by atoms with Gasteiger partial charge in [-0.25, -0.2) is 0 Å². The van der Waals surface area contributed by atoms with E-state index in [0.29, 0.717) is 0 Å². The maximum absolute atomic E-state index is 8.63. The summed E-state index contributed by atoms with van der Waals surface area (Å²) in [5, 5.41) is 0. The van der Waals surface area contributed by atoms with Gasteiger partial charge in [-0.3, -0.25) is 0 Å². The molecule has 0 radical (unpaired) electrons. The molecule has 0 spiro atoms. The quantitative estimate of drug-likeness (QED) is 0.215. The van der Waals surface area contributed by atoms with Gasteiger partial charge < -0.3 is 0 Å². The summed E-state index contributed by atoms with van der Waals surface area (Å²) in [7, 11) is 0. The fourth-order valence-corrected chi connectivity index (χ4v) is 0. The molecule has 0 unspecified atom stereocenters. The summed E-state index contributed by atoms with van der Waals surface area (Å²) in [5.41, 5.74) is 0. The third-order valence-electron chi connectivity index (χ3n) is 0. The molecule has 0 aliphatic heterocycles. The molecule has 0 fully saturated rings. The van der Waals surface area contributed by atoms with E-state index in [-0.39, 0.29) is 32.0 Å². The van der Waals surface area contributed by atoms with Crippen LogP contribution >= 0.6 is 0 Å². The second-order valence-electron chi connectivity index (χ2n) is 1.22. The topological polar surface area (TPSA) is 241 Å². The number of rotatable bonds is 0. The van der Waals surface area contributed by atoms with Crippen molar-refractivity contribution < 1.29 is 114 Å². The predicted molar refractivity (Wildman–Crippen MR) is 15.5 cm³/mol. The summed E-state index contributed by atoms with van der Waals surface area (Å²) in [6, 6.07) is 0. The summed E-state index contributed by atoms with van der Waals surface area (Å²) in [6.07, 6.45) is 0.